The van der Waals surface area contributed by atoms with E-state index in [-0.39, 0.29) is 17.9 Å². The van der Waals surface area contributed by atoms with Crippen molar-refractivity contribution in [2.24, 2.45) is 0 Å². The molecular weight excluding hydrogens is 360 g/mol. The highest BCUT2D eigenvalue weighted by Gasteiger charge is 2.44. The van der Waals surface area contributed by atoms with Crippen LogP contribution in [0.3, 0.4) is 0 Å². The second kappa shape index (κ2) is 7.42. The number of carbonyl (C=O) groups excluding carboxylic acids is 3. The second-order valence-corrected chi connectivity index (χ2v) is 8.10. The Hall–Kier alpha value is -2.46. The molecule has 0 saturated carbocycles. The van der Waals surface area contributed by atoms with Crippen LogP contribution < -0.4 is 15.6 Å². The van der Waals surface area contributed by atoms with E-state index in [1.165, 1.54) is 12.1 Å². The van der Waals surface area contributed by atoms with Gasteiger partial charge in [-0.3, -0.25) is 19.9 Å². The third kappa shape index (κ3) is 4.38. The van der Waals surface area contributed by atoms with E-state index in [9.17, 15) is 22.8 Å². The first-order chi connectivity index (χ1) is 12.1. The predicted molar refractivity (Wildman–Crippen MR) is 93.2 cm³/mol. The molecule has 3 N–H and O–H groups in total. The van der Waals surface area contributed by atoms with Gasteiger partial charge in [0.1, 0.15) is 5.54 Å². The maximum absolute atomic E-state index is 12.1. The van der Waals surface area contributed by atoms with Crippen molar-refractivity contribution >= 4 is 27.9 Å². The van der Waals surface area contributed by atoms with Crippen LogP contribution in [0.5, 0.6) is 0 Å². The average Bonchev–Trinajstić information content (AvgIpc) is 2.79. The molecule has 1 aromatic rings. The monoisotopic (exact) mass is 382 g/mol. The molecule has 1 saturated heterocycles. The number of benzene rings is 1. The standard InChI is InChI=1S/C16H22N4O5S/c1-4-11-5-7-12(8-6-11)26(24,25)19-18-13(21)9-10-20-14(22)16(2,3)17-15(20)23/h5-8,19H,4,9-10H2,1-3H3,(H,17,23)(H,18,21). The summed E-state index contributed by atoms with van der Waals surface area (Å²) in [6.07, 6.45) is 0.552. The summed E-state index contributed by atoms with van der Waals surface area (Å²) in [6.45, 7) is 4.93. The molecule has 10 heteroatoms. The summed E-state index contributed by atoms with van der Waals surface area (Å²) < 4.78 is 24.3. The van der Waals surface area contributed by atoms with E-state index in [4.69, 9.17) is 0 Å². The highest BCUT2D eigenvalue weighted by atomic mass is 32.2. The number of aryl methyl sites for hydroxylation is 1. The Balaban J connectivity index is 1.88. The van der Waals surface area contributed by atoms with E-state index in [0.29, 0.717) is 0 Å². The first-order valence-corrected chi connectivity index (χ1v) is 9.59. The number of amides is 4. The number of rotatable bonds is 7. The Morgan fingerprint density at radius 3 is 2.31 bits per heavy atom. The number of sulfonamides is 1. The molecule has 26 heavy (non-hydrogen) atoms. The van der Waals surface area contributed by atoms with E-state index in [1.54, 1.807) is 26.0 Å². The van der Waals surface area contributed by atoms with Crippen LogP contribution in [-0.2, 0) is 26.0 Å². The molecule has 1 aromatic carbocycles. The van der Waals surface area contributed by atoms with Gasteiger partial charge in [-0.1, -0.05) is 19.1 Å². The number of carbonyl (C=O) groups is 3. The van der Waals surface area contributed by atoms with Crippen molar-refractivity contribution in [1.29, 1.82) is 0 Å². The summed E-state index contributed by atoms with van der Waals surface area (Å²) in [5, 5.41) is 2.50. The van der Waals surface area contributed by atoms with E-state index in [0.717, 1.165) is 16.9 Å². The van der Waals surface area contributed by atoms with Crippen molar-refractivity contribution in [3.63, 3.8) is 0 Å². The largest absolute Gasteiger partial charge is 0.325 e. The third-order valence-corrected chi connectivity index (χ3v) is 5.24. The second-order valence-electron chi connectivity index (χ2n) is 6.41. The van der Waals surface area contributed by atoms with Crippen molar-refractivity contribution in [2.75, 3.05) is 6.54 Å². The predicted octanol–water partition coefficient (Wildman–Crippen LogP) is 0.279. The molecule has 0 unspecified atom stereocenters. The van der Waals surface area contributed by atoms with Gasteiger partial charge in [0.2, 0.25) is 5.91 Å². The summed E-state index contributed by atoms with van der Waals surface area (Å²) in [5.41, 5.74) is 2.05. The van der Waals surface area contributed by atoms with Gasteiger partial charge in [-0.2, -0.15) is 0 Å². The van der Waals surface area contributed by atoms with Gasteiger partial charge in [-0.05, 0) is 38.0 Å². The van der Waals surface area contributed by atoms with Crippen LogP contribution in [0.1, 0.15) is 32.8 Å². The molecule has 1 fully saturated rings. The van der Waals surface area contributed by atoms with Crippen molar-refractivity contribution < 1.29 is 22.8 Å². The quantitative estimate of drug-likeness (QED) is 0.461. The maximum Gasteiger partial charge on any atom is 0.325 e. The highest BCUT2D eigenvalue weighted by molar-refractivity contribution is 7.89. The Labute approximate surface area is 152 Å². The summed E-state index contributed by atoms with van der Waals surface area (Å²) in [5.74, 6) is -1.10. The topological polar surface area (TPSA) is 125 Å². The minimum Gasteiger partial charge on any atom is -0.324 e. The Kier molecular flexibility index (Phi) is 5.67. The number of hydrogen-bond acceptors (Lipinski definition) is 5. The molecule has 0 spiro atoms. The number of imide groups is 1. The van der Waals surface area contributed by atoms with Crippen LogP contribution in [0.4, 0.5) is 4.79 Å². The lowest BCUT2D eigenvalue weighted by atomic mass is 10.1. The minimum atomic E-state index is -3.90. The van der Waals surface area contributed by atoms with Crippen LogP contribution in [0.15, 0.2) is 29.2 Å². The van der Waals surface area contributed by atoms with Gasteiger partial charge < -0.3 is 5.32 Å². The highest BCUT2D eigenvalue weighted by Crippen LogP contribution is 2.16. The van der Waals surface area contributed by atoms with Crippen LogP contribution in [0.2, 0.25) is 0 Å². The number of hydrazine groups is 1. The molecule has 0 aromatic heterocycles. The summed E-state index contributed by atoms with van der Waals surface area (Å²) in [4.78, 5) is 38.5. The molecular formula is C16H22N4O5S. The minimum absolute atomic E-state index is 0.0193. The Morgan fingerprint density at radius 2 is 1.81 bits per heavy atom. The molecule has 142 valence electrons. The average molecular weight is 382 g/mol. The van der Waals surface area contributed by atoms with Crippen molar-refractivity contribution in [1.82, 2.24) is 20.5 Å². The lowest BCUT2D eigenvalue weighted by Crippen LogP contribution is -2.43. The van der Waals surface area contributed by atoms with Gasteiger partial charge in [0.05, 0.1) is 4.90 Å². The van der Waals surface area contributed by atoms with E-state index < -0.39 is 33.4 Å². The Bertz CT molecular complexity index is 818. The SMILES string of the molecule is CCc1ccc(S(=O)(=O)NNC(=O)CCN2C(=O)NC(C)(C)C2=O)cc1. The van der Waals surface area contributed by atoms with Crippen molar-refractivity contribution in [2.45, 2.75) is 44.0 Å². The van der Waals surface area contributed by atoms with Gasteiger partial charge >= 0.3 is 6.03 Å². The Morgan fingerprint density at radius 1 is 1.19 bits per heavy atom. The number of nitrogens with one attached hydrogen (secondary N) is 3. The molecule has 4 amide bonds. The molecule has 9 nitrogen and oxygen atoms in total. The maximum atomic E-state index is 12.1. The molecule has 0 aliphatic carbocycles. The van der Waals surface area contributed by atoms with E-state index in [2.05, 4.69) is 10.7 Å². The zero-order valence-corrected chi connectivity index (χ0v) is 15.6. The normalized spacial score (nSPS) is 16.5. The summed E-state index contributed by atoms with van der Waals surface area (Å²) in [6, 6.07) is 5.70. The number of urea groups is 1. The molecule has 0 bridgehead atoms. The fourth-order valence-corrected chi connectivity index (χ4v) is 3.24. The van der Waals surface area contributed by atoms with Crippen LogP contribution in [-0.4, -0.2) is 43.2 Å². The lowest BCUT2D eigenvalue weighted by Gasteiger charge is -2.15. The number of hydrogen-bond donors (Lipinski definition) is 3. The van der Waals surface area contributed by atoms with Crippen LogP contribution in [0.25, 0.3) is 0 Å². The molecule has 0 atom stereocenters. The van der Waals surface area contributed by atoms with Crippen molar-refractivity contribution in [3.8, 4) is 0 Å². The first kappa shape index (κ1) is 19.9. The molecule has 0 radical (unpaired) electrons. The first-order valence-electron chi connectivity index (χ1n) is 8.10. The van der Waals surface area contributed by atoms with Gasteiger partial charge in [0, 0.05) is 13.0 Å². The zero-order valence-electron chi connectivity index (χ0n) is 14.8. The number of nitrogens with zero attached hydrogens (tertiary/aromatic N) is 1. The van der Waals surface area contributed by atoms with E-state index in [1.807, 2.05) is 11.8 Å². The summed E-state index contributed by atoms with van der Waals surface area (Å²) >= 11 is 0. The summed E-state index contributed by atoms with van der Waals surface area (Å²) in [7, 11) is -3.90. The van der Waals surface area contributed by atoms with Gasteiger partial charge in [0.15, 0.2) is 0 Å². The van der Waals surface area contributed by atoms with E-state index >= 15 is 0 Å². The third-order valence-electron chi connectivity index (χ3n) is 3.97. The van der Waals surface area contributed by atoms with Crippen LogP contribution >= 0.6 is 0 Å². The molecule has 1 aliphatic rings. The lowest BCUT2D eigenvalue weighted by molar-refractivity contribution is -0.130. The fourth-order valence-electron chi connectivity index (χ4n) is 2.38. The molecule has 1 heterocycles. The van der Waals surface area contributed by atoms with Crippen LogP contribution in [0, 0.1) is 0 Å². The smallest absolute Gasteiger partial charge is 0.324 e. The zero-order chi connectivity index (χ0) is 19.5. The van der Waals surface area contributed by atoms with Gasteiger partial charge in [-0.25, -0.2) is 13.2 Å². The van der Waals surface area contributed by atoms with Gasteiger partial charge in [-0.15, -0.1) is 4.83 Å². The fraction of sp³-hybridized carbons (Fsp3) is 0.438. The molecule has 2 rings (SSSR count). The van der Waals surface area contributed by atoms with Crippen molar-refractivity contribution in [3.05, 3.63) is 29.8 Å². The van der Waals surface area contributed by atoms with Gasteiger partial charge in [0.25, 0.3) is 15.9 Å². The molecule has 1 aliphatic heterocycles.